The van der Waals surface area contributed by atoms with Crippen molar-refractivity contribution in [3.05, 3.63) is 72.1 Å². The normalized spacial score (nSPS) is 10.5. The number of hydrogen-bond acceptors (Lipinski definition) is 4. The molecule has 0 aromatic heterocycles. The van der Waals surface area contributed by atoms with E-state index in [1.165, 1.54) is 30.5 Å². The van der Waals surface area contributed by atoms with Crippen LogP contribution in [0.4, 0.5) is 4.39 Å². The summed E-state index contributed by atoms with van der Waals surface area (Å²) in [6.45, 7) is 6.35. The van der Waals surface area contributed by atoms with Crippen LogP contribution in [0.5, 0.6) is 11.5 Å². The molecule has 1 amide bonds. The third kappa shape index (κ3) is 5.46. The van der Waals surface area contributed by atoms with Gasteiger partial charge < -0.3 is 9.47 Å². The molecule has 0 saturated carbocycles. The topological polar surface area (TPSA) is 59.9 Å². The highest BCUT2D eigenvalue weighted by Gasteiger charge is 2.06. The lowest BCUT2D eigenvalue weighted by Crippen LogP contribution is -2.17. The number of carbonyl (C=O) groups is 1. The fraction of sp³-hybridized carbons (Fsp3) is 0.158. The van der Waals surface area contributed by atoms with Crippen molar-refractivity contribution >= 4 is 12.1 Å². The summed E-state index contributed by atoms with van der Waals surface area (Å²) < 4.78 is 23.9. The maximum atomic E-state index is 12.8. The highest BCUT2D eigenvalue weighted by atomic mass is 19.1. The molecule has 2 rings (SSSR count). The van der Waals surface area contributed by atoms with Crippen LogP contribution >= 0.6 is 0 Å². The van der Waals surface area contributed by atoms with E-state index < -0.39 is 11.7 Å². The molecule has 0 aliphatic rings. The third-order valence-electron chi connectivity index (χ3n) is 3.11. The summed E-state index contributed by atoms with van der Waals surface area (Å²) in [7, 11) is 0. The first-order valence-corrected chi connectivity index (χ1v) is 7.73. The van der Waals surface area contributed by atoms with Gasteiger partial charge in [0.1, 0.15) is 12.4 Å². The molecule has 2 aromatic carbocycles. The summed E-state index contributed by atoms with van der Waals surface area (Å²) in [6, 6.07) is 10.5. The maximum absolute atomic E-state index is 12.8. The minimum absolute atomic E-state index is 0.321. The largest absolute Gasteiger partial charge is 0.490 e. The number of nitrogens with zero attached hydrogens (tertiary/aromatic N) is 1. The molecule has 1 N–H and O–H groups in total. The van der Waals surface area contributed by atoms with Gasteiger partial charge in [-0.25, -0.2) is 9.82 Å². The molecule has 0 unspecified atom stereocenters. The van der Waals surface area contributed by atoms with Gasteiger partial charge in [0, 0.05) is 5.56 Å². The van der Waals surface area contributed by atoms with Crippen molar-refractivity contribution in [1.82, 2.24) is 5.43 Å². The Morgan fingerprint density at radius 3 is 2.64 bits per heavy atom. The smallest absolute Gasteiger partial charge is 0.271 e. The highest BCUT2D eigenvalue weighted by Crippen LogP contribution is 2.28. The van der Waals surface area contributed by atoms with Gasteiger partial charge in [0.15, 0.2) is 11.5 Å². The molecule has 25 heavy (non-hydrogen) atoms. The van der Waals surface area contributed by atoms with Crippen LogP contribution in [0.25, 0.3) is 0 Å². The van der Waals surface area contributed by atoms with Gasteiger partial charge in [-0.3, -0.25) is 4.79 Å². The first-order valence-electron chi connectivity index (χ1n) is 7.73. The fourth-order valence-corrected chi connectivity index (χ4v) is 1.97. The molecule has 5 nitrogen and oxygen atoms in total. The zero-order valence-corrected chi connectivity index (χ0v) is 13.9. The number of benzene rings is 2. The average molecular weight is 342 g/mol. The van der Waals surface area contributed by atoms with Gasteiger partial charge in [0.2, 0.25) is 0 Å². The third-order valence-corrected chi connectivity index (χ3v) is 3.11. The molecular formula is C19H19FN2O3. The molecule has 0 saturated heterocycles. The van der Waals surface area contributed by atoms with E-state index in [1.807, 2.05) is 6.92 Å². The molecule has 0 aliphatic heterocycles. The molecule has 0 spiro atoms. The summed E-state index contributed by atoms with van der Waals surface area (Å²) in [5, 5.41) is 3.90. The summed E-state index contributed by atoms with van der Waals surface area (Å²) in [5.41, 5.74) is 3.44. The van der Waals surface area contributed by atoms with Crippen LogP contribution < -0.4 is 14.9 Å². The lowest BCUT2D eigenvalue weighted by atomic mass is 10.2. The van der Waals surface area contributed by atoms with Crippen molar-refractivity contribution < 1.29 is 18.7 Å². The van der Waals surface area contributed by atoms with E-state index in [4.69, 9.17) is 9.47 Å². The Hall–Kier alpha value is -3.15. The van der Waals surface area contributed by atoms with E-state index in [1.54, 1.807) is 24.3 Å². The van der Waals surface area contributed by atoms with Gasteiger partial charge in [-0.15, -0.1) is 0 Å². The number of hydrogen-bond donors (Lipinski definition) is 1. The second-order valence-corrected chi connectivity index (χ2v) is 4.94. The number of hydrazone groups is 1. The number of carbonyl (C=O) groups excluding carboxylic acids is 1. The van der Waals surface area contributed by atoms with Crippen LogP contribution in [0.2, 0.25) is 0 Å². The average Bonchev–Trinajstić information content (AvgIpc) is 2.62. The van der Waals surface area contributed by atoms with Crippen molar-refractivity contribution in [2.45, 2.75) is 6.92 Å². The number of rotatable bonds is 8. The Labute approximate surface area is 145 Å². The van der Waals surface area contributed by atoms with E-state index in [2.05, 4.69) is 17.1 Å². The molecule has 0 aliphatic carbocycles. The Morgan fingerprint density at radius 2 is 1.96 bits per heavy atom. The molecule has 0 fully saturated rings. The van der Waals surface area contributed by atoms with Crippen molar-refractivity contribution in [3.63, 3.8) is 0 Å². The van der Waals surface area contributed by atoms with Crippen molar-refractivity contribution in [2.24, 2.45) is 5.10 Å². The standard InChI is InChI=1S/C19H19FN2O3/c1-3-11-25-17-10-5-14(12-18(17)24-4-2)13-21-22-19(23)15-6-8-16(20)9-7-15/h3,5-10,12-13H,1,4,11H2,2H3,(H,22,23)/b21-13-. The molecule has 6 heteroatoms. The monoisotopic (exact) mass is 342 g/mol. The number of halogens is 1. The predicted octanol–water partition coefficient (Wildman–Crippen LogP) is 3.55. The number of nitrogens with one attached hydrogen (secondary N) is 1. The summed E-state index contributed by atoms with van der Waals surface area (Å²) in [6.07, 6.45) is 3.14. The summed E-state index contributed by atoms with van der Waals surface area (Å²) in [4.78, 5) is 11.9. The molecule has 130 valence electrons. The Balaban J connectivity index is 2.04. The summed E-state index contributed by atoms with van der Waals surface area (Å²) in [5.74, 6) is 0.363. The van der Waals surface area contributed by atoms with Crippen LogP contribution in [0.3, 0.4) is 0 Å². The SMILES string of the molecule is C=CCOc1ccc(/C=N\NC(=O)c2ccc(F)cc2)cc1OCC. The zero-order valence-electron chi connectivity index (χ0n) is 13.9. The van der Waals surface area contributed by atoms with Gasteiger partial charge in [0.05, 0.1) is 12.8 Å². The molecule has 2 aromatic rings. The minimum Gasteiger partial charge on any atom is -0.490 e. The lowest BCUT2D eigenvalue weighted by Gasteiger charge is -2.11. The van der Waals surface area contributed by atoms with Crippen LogP contribution in [-0.4, -0.2) is 25.3 Å². The van der Waals surface area contributed by atoms with E-state index >= 15 is 0 Å². The van der Waals surface area contributed by atoms with Gasteiger partial charge in [-0.1, -0.05) is 12.7 Å². The van der Waals surface area contributed by atoms with E-state index in [0.29, 0.717) is 30.3 Å². The van der Waals surface area contributed by atoms with E-state index in [-0.39, 0.29) is 0 Å². The number of amides is 1. The first-order chi connectivity index (χ1) is 12.1. The van der Waals surface area contributed by atoms with Crippen molar-refractivity contribution in [2.75, 3.05) is 13.2 Å². The van der Waals surface area contributed by atoms with Crippen LogP contribution in [0, 0.1) is 5.82 Å². The van der Waals surface area contributed by atoms with Gasteiger partial charge in [-0.2, -0.15) is 5.10 Å². The predicted molar refractivity (Wildman–Crippen MR) is 94.8 cm³/mol. The van der Waals surface area contributed by atoms with Gasteiger partial charge in [-0.05, 0) is 55.0 Å². The Bertz CT molecular complexity index is 758. The van der Waals surface area contributed by atoms with Crippen LogP contribution in [0.15, 0.2) is 60.2 Å². The molecule has 0 radical (unpaired) electrons. The first kappa shape index (κ1) is 18.2. The van der Waals surface area contributed by atoms with Crippen LogP contribution in [-0.2, 0) is 0 Å². The number of ether oxygens (including phenoxy) is 2. The molecular weight excluding hydrogens is 323 g/mol. The molecule has 0 bridgehead atoms. The van der Waals surface area contributed by atoms with Crippen molar-refractivity contribution in [1.29, 1.82) is 0 Å². The molecule has 0 atom stereocenters. The zero-order chi connectivity index (χ0) is 18.1. The Kier molecular flexibility index (Phi) is 6.71. The van der Waals surface area contributed by atoms with Gasteiger partial charge >= 0.3 is 0 Å². The lowest BCUT2D eigenvalue weighted by molar-refractivity contribution is 0.0955. The van der Waals surface area contributed by atoms with E-state index in [9.17, 15) is 9.18 Å². The fourth-order valence-electron chi connectivity index (χ4n) is 1.97. The maximum Gasteiger partial charge on any atom is 0.271 e. The van der Waals surface area contributed by atoms with E-state index in [0.717, 1.165) is 5.56 Å². The quantitative estimate of drug-likeness (QED) is 0.453. The minimum atomic E-state index is -0.424. The van der Waals surface area contributed by atoms with Gasteiger partial charge in [0.25, 0.3) is 5.91 Å². The van der Waals surface area contributed by atoms with Crippen LogP contribution in [0.1, 0.15) is 22.8 Å². The second-order valence-electron chi connectivity index (χ2n) is 4.94. The molecule has 0 heterocycles. The summed E-state index contributed by atoms with van der Waals surface area (Å²) >= 11 is 0. The second kappa shape index (κ2) is 9.22. The Morgan fingerprint density at radius 1 is 1.20 bits per heavy atom. The highest BCUT2D eigenvalue weighted by molar-refractivity contribution is 5.94. The van der Waals surface area contributed by atoms with Crippen molar-refractivity contribution in [3.8, 4) is 11.5 Å².